The van der Waals surface area contributed by atoms with Gasteiger partial charge in [-0.15, -0.1) is 0 Å². The zero-order chi connectivity index (χ0) is 19.6. The predicted octanol–water partition coefficient (Wildman–Crippen LogP) is 4.61. The summed E-state index contributed by atoms with van der Waals surface area (Å²) in [4.78, 5) is 2.18. The highest BCUT2D eigenvalue weighted by Crippen LogP contribution is 2.37. The van der Waals surface area contributed by atoms with E-state index in [1.54, 1.807) is 12.1 Å². The zero-order valence-corrected chi connectivity index (χ0v) is 17.8. The quantitative estimate of drug-likeness (QED) is 0.519. The molecule has 0 saturated heterocycles. The fourth-order valence-electron chi connectivity index (χ4n) is 2.62. The molecule has 2 aromatic rings. The summed E-state index contributed by atoms with van der Waals surface area (Å²) in [6, 6.07) is 10.4. The van der Waals surface area contributed by atoms with Crippen molar-refractivity contribution in [1.82, 2.24) is 10.2 Å². The topological polar surface area (TPSA) is 33.7 Å². The van der Waals surface area contributed by atoms with Crippen LogP contribution in [0.15, 0.2) is 40.9 Å². The number of hydrogen-bond acceptors (Lipinski definition) is 4. The lowest BCUT2D eigenvalue weighted by molar-refractivity contribution is 0.267. The zero-order valence-electron chi connectivity index (χ0n) is 16.2. The Morgan fingerprint density at radius 1 is 1.07 bits per heavy atom. The molecule has 27 heavy (non-hydrogen) atoms. The molecule has 0 atom stereocenters. The third kappa shape index (κ3) is 7.48. The van der Waals surface area contributed by atoms with E-state index in [4.69, 9.17) is 9.47 Å². The molecule has 0 aliphatic rings. The first-order valence-electron chi connectivity index (χ1n) is 9.17. The monoisotopic (exact) mass is 438 g/mol. The maximum absolute atomic E-state index is 13.0. The molecule has 0 fully saturated rings. The van der Waals surface area contributed by atoms with Crippen molar-refractivity contribution in [2.75, 3.05) is 33.8 Å². The number of nitrogens with one attached hydrogen (secondary N) is 1. The number of ether oxygens (including phenoxy) is 2. The summed E-state index contributed by atoms with van der Waals surface area (Å²) in [5.41, 5.74) is 2.03. The summed E-state index contributed by atoms with van der Waals surface area (Å²) in [5.74, 6) is 1.12. The number of benzene rings is 2. The van der Waals surface area contributed by atoms with Crippen molar-refractivity contribution in [1.29, 1.82) is 0 Å². The van der Waals surface area contributed by atoms with Gasteiger partial charge in [-0.1, -0.05) is 12.1 Å². The molecule has 148 valence electrons. The first-order valence-corrected chi connectivity index (χ1v) is 9.96. The van der Waals surface area contributed by atoms with E-state index in [2.05, 4.69) is 40.2 Å². The lowest BCUT2D eigenvalue weighted by Crippen LogP contribution is -2.21. The minimum absolute atomic E-state index is 0.252. The van der Waals surface area contributed by atoms with Gasteiger partial charge in [0, 0.05) is 6.54 Å². The van der Waals surface area contributed by atoms with E-state index in [1.165, 1.54) is 12.1 Å². The third-order valence-corrected chi connectivity index (χ3v) is 4.54. The lowest BCUT2D eigenvalue weighted by atomic mass is 10.2. The average molecular weight is 439 g/mol. The van der Waals surface area contributed by atoms with E-state index in [1.807, 2.05) is 19.1 Å². The first-order chi connectivity index (χ1) is 13.0. The summed E-state index contributed by atoms with van der Waals surface area (Å²) in [5, 5.41) is 3.46. The third-order valence-electron chi connectivity index (χ3n) is 3.95. The van der Waals surface area contributed by atoms with Crippen LogP contribution in [0.1, 0.15) is 24.5 Å². The van der Waals surface area contributed by atoms with Gasteiger partial charge in [0.05, 0.1) is 11.1 Å². The van der Waals surface area contributed by atoms with Crippen molar-refractivity contribution in [2.45, 2.75) is 26.5 Å². The Morgan fingerprint density at radius 3 is 2.48 bits per heavy atom. The maximum Gasteiger partial charge on any atom is 0.175 e. The molecule has 0 spiro atoms. The van der Waals surface area contributed by atoms with Gasteiger partial charge in [-0.3, -0.25) is 0 Å². The van der Waals surface area contributed by atoms with Crippen molar-refractivity contribution >= 4 is 15.9 Å². The van der Waals surface area contributed by atoms with E-state index in [0.717, 1.165) is 41.7 Å². The molecular formula is C21H28BrFN2O2. The summed E-state index contributed by atoms with van der Waals surface area (Å²) >= 11 is 3.60. The second-order valence-electron chi connectivity index (χ2n) is 6.59. The standard InChI is InChI=1S/C21H28BrFN2O2/c1-4-26-20-13-17(14-24-10-5-11-25(2)3)12-19(22)21(20)27-15-16-6-8-18(23)9-7-16/h6-9,12-13,24H,4-5,10-11,14-15H2,1-3H3. The second kappa shape index (κ2) is 11.3. The number of hydrogen-bond donors (Lipinski definition) is 1. The second-order valence-corrected chi connectivity index (χ2v) is 7.44. The van der Waals surface area contributed by atoms with Crippen molar-refractivity contribution in [3.63, 3.8) is 0 Å². The van der Waals surface area contributed by atoms with Crippen molar-refractivity contribution < 1.29 is 13.9 Å². The molecule has 0 aliphatic carbocycles. The highest BCUT2D eigenvalue weighted by Gasteiger charge is 2.13. The number of rotatable bonds is 11. The molecule has 2 rings (SSSR count). The van der Waals surface area contributed by atoms with Gasteiger partial charge in [0.2, 0.25) is 0 Å². The van der Waals surface area contributed by atoms with Gasteiger partial charge in [0.15, 0.2) is 11.5 Å². The smallest absolute Gasteiger partial charge is 0.175 e. The summed E-state index contributed by atoms with van der Waals surface area (Å²) in [7, 11) is 4.16. The molecule has 6 heteroatoms. The average Bonchev–Trinajstić information content (AvgIpc) is 2.62. The van der Waals surface area contributed by atoms with Gasteiger partial charge < -0.3 is 19.7 Å². The van der Waals surface area contributed by atoms with Crippen molar-refractivity contribution in [3.8, 4) is 11.5 Å². The molecule has 0 amide bonds. The van der Waals surface area contributed by atoms with Gasteiger partial charge in [-0.2, -0.15) is 0 Å². The SMILES string of the molecule is CCOc1cc(CNCCCN(C)C)cc(Br)c1OCc1ccc(F)cc1. The van der Waals surface area contributed by atoms with Crippen LogP contribution in [0, 0.1) is 5.82 Å². The molecule has 1 N–H and O–H groups in total. The van der Waals surface area contributed by atoms with Crippen LogP contribution < -0.4 is 14.8 Å². The van der Waals surface area contributed by atoms with Crippen molar-refractivity contribution in [2.24, 2.45) is 0 Å². The molecule has 0 bridgehead atoms. The molecule has 4 nitrogen and oxygen atoms in total. The summed E-state index contributed by atoms with van der Waals surface area (Å²) < 4.78 is 25.6. The summed E-state index contributed by atoms with van der Waals surface area (Å²) in [6.07, 6.45) is 1.10. The fraction of sp³-hybridized carbons (Fsp3) is 0.429. The normalized spacial score (nSPS) is 11.0. The van der Waals surface area contributed by atoms with Crippen molar-refractivity contribution in [3.05, 3.63) is 57.8 Å². The fourth-order valence-corrected chi connectivity index (χ4v) is 3.22. The van der Waals surface area contributed by atoms with Crippen LogP contribution in [-0.2, 0) is 13.2 Å². The lowest BCUT2D eigenvalue weighted by Gasteiger charge is -2.16. The highest BCUT2D eigenvalue weighted by atomic mass is 79.9. The molecule has 0 aromatic heterocycles. The summed E-state index contributed by atoms with van der Waals surface area (Å²) in [6.45, 7) is 5.65. The maximum atomic E-state index is 13.0. The van der Waals surface area contributed by atoms with Crippen LogP contribution in [0.3, 0.4) is 0 Å². The minimum Gasteiger partial charge on any atom is -0.490 e. The van der Waals surface area contributed by atoms with E-state index in [-0.39, 0.29) is 5.82 Å². The van der Waals surface area contributed by atoms with Crippen LogP contribution in [0.5, 0.6) is 11.5 Å². The first kappa shape index (κ1) is 21.7. The molecule has 0 saturated carbocycles. The molecule has 0 radical (unpaired) electrons. The Morgan fingerprint density at radius 2 is 1.81 bits per heavy atom. The predicted molar refractivity (Wildman–Crippen MR) is 111 cm³/mol. The van der Waals surface area contributed by atoms with E-state index in [9.17, 15) is 4.39 Å². The Hall–Kier alpha value is -1.63. The van der Waals surface area contributed by atoms with Crippen LogP contribution in [0.2, 0.25) is 0 Å². The van der Waals surface area contributed by atoms with Gasteiger partial charge in [0.25, 0.3) is 0 Å². The van der Waals surface area contributed by atoms with E-state index >= 15 is 0 Å². The van der Waals surface area contributed by atoms with Crippen LogP contribution in [-0.4, -0.2) is 38.7 Å². The van der Waals surface area contributed by atoms with Gasteiger partial charge >= 0.3 is 0 Å². The minimum atomic E-state index is -0.252. The Kier molecular flexibility index (Phi) is 9.04. The van der Waals surface area contributed by atoms with Crippen LogP contribution in [0.4, 0.5) is 4.39 Å². The van der Waals surface area contributed by atoms with Gasteiger partial charge in [-0.25, -0.2) is 4.39 Å². The Labute approximate surface area is 169 Å². The van der Waals surface area contributed by atoms with Gasteiger partial charge in [0.1, 0.15) is 12.4 Å². The van der Waals surface area contributed by atoms with Crippen LogP contribution >= 0.6 is 15.9 Å². The molecular weight excluding hydrogens is 411 g/mol. The largest absolute Gasteiger partial charge is 0.490 e. The highest BCUT2D eigenvalue weighted by molar-refractivity contribution is 9.10. The van der Waals surface area contributed by atoms with E-state index in [0.29, 0.717) is 24.7 Å². The van der Waals surface area contributed by atoms with E-state index < -0.39 is 0 Å². The Balaban J connectivity index is 2.00. The molecule has 0 heterocycles. The molecule has 0 unspecified atom stereocenters. The Bertz CT molecular complexity index is 708. The van der Waals surface area contributed by atoms with Gasteiger partial charge in [-0.05, 0) is 91.9 Å². The number of halogens is 2. The van der Waals surface area contributed by atoms with Crippen LogP contribution in [0.25, 0.3) is 0 Å². The molecule has 2 aromatic carbocycles. The molecule has 0 aliphatic heterocycles. The number of nitrogens with zero attached hydrogens (tertiary/aromatic N) is 1.